The monoisotopic (exact) mass is 565 g/mol. The van der Waals surface area contributed by atoms with Gasteiger partial charge in [0.15, 0.2) is 11.5 Å². The lowest BCUT2D eigenvalue weighted by molar-refractivity contribution is -0.192. The van der Waals surface area contributed by atoms with Crippen LogP contribution in [0, 0.1) is 12.7 Å². The molecule has 0 unspecified atom stereocenters. The Kier molecular flexibility index (Phi) is 8.19. The molecule has 1 atom stereocenters. The Morgan fingerprint density at radius 3 is 2.50 bits per heavy atom. The van der Waals surface area contributed by atoms with E-state index < -0.39 is 18.0 Å². The van der Waals surface area contributed by atoms with Crippen LogP contribution in [0.1, 0.15) is 32.0 Å². The molecule has 40 heavy (non-hydrogen) atoms. The van der Waals surface area contributed by atoms with Crippen LogP contribution in [0.3, 0.4) is 0 Å². The topological polar surface area (TPSA) is 106 Å². The fourth-order valence-corrected chi connectivity index (χ4v) is 5.16. The van der Waals surface area contributed by atoms with Crippen molar-refractivity contribution in [2.24, 2.45) is 0 Å². The van der Waals surface area contributed by atoms with E-state index in [1.807, 2.05) is 0 Å². The summed E-state index contributed by atoms with van der Waals surface area (Å²) in [6.45, 7) is 12.0. The molecule has 2 amide bonds. The Labute approximate surface area is 228 Å². The van der Waals surface area contributed by atoms with Crippen LogP contribution in [-0.2, 0) is 11.2 Å². The van der Waals surface area contributed by atoms with Crippen LogP contribution in [0.25, 0.3) is 5.65 Å². The maximum atomic E-state index is 14.4. The van der Waals surface area contributed by atoms with Crippen LogP contribution in [0.15, 0.2) is 30.7 Å². The number of carboxylic acids is 1. The first-order valence-corrected chi connectivity index (χ1v) is 12.8. The maximum absolute atomic E-state index is 14.4. The largest absolute Gasteiger partial charge is 0.490 e. The molecule has 0 aromatic carbocycles. The Hall–Kier alpha value is -3.94. The Morgan fingerprint density at radius 2 is 1.88 bits per heavy atom. The number of carboxylic acid groups (broad SMARTS) is 1. The molecule has 0 bridgehead atoms. The van der Waals surface area contributed by atoms with Gasteiger partial charge in [-0.2, -0.15) is 13.2 Å². The molecule has 0 radical (unpaired) electrons. The van der Waals surface area contributed by atoms with Crippen molar-refractivity contribution in [1.82, 2.24) is 19.3 Å². The summed E-state index contributed by atoms with van der Waals surface area (Å²) in [6, 6.07) is 4.03. The van der Waals surface area contributed by atoms with Gasteiger partial charge in [-0.05, 0) is 40.2 Å². The smallest absolute Gasteiger partial charge is 0.475 e. The molecule has 2 aliphatic heterocycles. The number of aryl methyl sites for hydroxylation is 1. The summed E-state index contributed by atoms with van der Waals surface area (Å²) >= 11 is 0. The van der Waals surface area contributed by atoms with Crippen molar-refractivity contribution in [2.45, 2.75) is 52.4 Å². The fourth-order valence-electron chi connectivity index (χ4n) is 5.16. The molecule has 0 spiro atoms. The van der Waals surface area contributed by atoms with E-state index in [0.717, 1.165) is 37.3 Å². The van der Waals surface area contributed by atoms with Gasteiger partial charge >= 0.3 is 18.2 Å². The molecule has 14 heteroatoms. The summed E-state index contributed by atoms with van der Waals surface area (Å²) in [5.74, 6) is -2.55. The average molecular weight is 566 g/mol. The summed E-state index contributed by atoms with van der Waals surface area (Å²) in [5, 5.41) is 9.95. The van der Waals surface area contributed by atoms with Gasteiger partial charge in [-0.1, -0.05) is 0 Å². The third-order valence-corrected chi connectivity index (χ3v) is 6.90. The third-order valence-electron chi connectivity index (χ3n) is 6.90. The van der Waals surface area contributed by atoms with Crippen molar-refractivity contribution in [1.29, 1.82) is 0 Å². The second-order valence-corrected chi connectivity index (χ2v) is 10.1. The van der Waals surface area contributed by atoms with Crippen molar-refractivity contribution in [3.63, 3.8) is 0 Å². The number of hydrogen-bond acceptors (Lipinski definition) is 6. The number of carbonyl (C=O) groups is 2. The number of hydrogen-bond donors (Lipinski definition) is 2. The minimum Gasteiger partial charge on any atom is -0.475 e. The lowest BCUT2D eigenvalue weighted by atomic mass is 10.1. The number of pyridine rings is 2. The van der Waals surface area contributed by atoms with Crippen LogP contribution >= 0.6 is 0 Å². The molecule has 10 nitrogen and oxygen atoms in total. The first-order valence-electron chi connectivity index (χ1n) is 12.8. The second-order valence-electron chi connectivity index (χ2n) is 10.1. The molecule has 216 valence electrons. The predicted octanol–water partition coefficient (Wildman–Crippen LogP) is 4.32. The van der Waals surface area contributed by atoms with Crippen molar-refractivity contribution in [3.8, 4) is 0 Å². The number of carbonyl (C=O) groups excluding carboxylic acids is 1. The molecule has 3 aromatic rings. The van der Waals surface area contributed by atoms with Crippen molar-refractivity contribution in [3.05, 3.63) is 47.8 Å². The van der Waals surface area contributed by atoms with Gasteiger partial charge in [0.05, 0.1) is 11.4 Å². The first kappa shape index (κ1) is 29.1. The molecule has 0 aliphatic carbocycles. The summed E-state index contributed by atoms with van der Waals surface area (Å²) in [5.41, 5.74) is 3.60. The van der Waals surface area contributed by atoms with Gasteiger partial charge in [-0.15, -0.1) is 0 Å². The van der Waals surface area contributed by atoms with E-state index in [1.165, 1.54) is 6.07 Å². The van der Waals surface area contributed by atoms with Crippen molar-refractivity contribution < 1.29 is 32.3 Å². The highest BCUT2D eigenvalue weighted by Crippen LogP contribution is 2.35. The second kappa shape index (κ2) is 11.3. The van der Waals surface area contributed by atoms with Gasteiger partial charge in [-0.25, -0.2) is 23.9 Å². The summed E-state index contributed by atoms with van der Waals surface area (Å²) in [7, 11) is 0. The molecule has 3 aromatic heterocycles. The number of piperazine rings is 1. The standard InChI is InChI=1S/C24H30FN7O.C2HF3O2/c1-15(2)31-10-9-29(13-17(31)4)21-5-7-26-22-19(21)6-8-32(22)24(33)28-18-11-20(25)23-27-16(3)12-30(23)14-18;3-2(4,5)1(6)7/h5,7,11-12,14-15,17H,6,8-10,13H2,1-4H3,(H,28,33);(H,6,7)/t17-;/m0./s1. The zero-order chi connectivity index (χ0) is 29.4. The van der Waals surface area contributed by atoms with Crippen LogP contribution in [0.5, 0.6) is 0 Å². The molecule has 1 saturated heterocycles. The highest BCUT2D eigenvalue weighted by Gasteiger charge is 2.38. The van der Waals surface area contributed by atoms with Gasteiger partial charge in [0.2, 0.25) is 0 Å². The quantitative estimate of drug-likeness (QED) is 0.456. The first-order chi connectivity index (χ1) is 18.8. The fraction of sp³-hybridized carbons (Fsp3) is 0.462. The number of amides is 2. The molecule has 0 saturated carbocycles. The Morgan fingerprint density at radius 1 is 1.18 bits per heavy atom. The van der Waals surface area contributed by atoms with E-state index in [9.17, 15) is 22.4 Å². The Bertz CT molecular complexity index is 1410. The molecular formula is C26H31F4N7O3. The number of aliphatic carboxylic acids is 1. The number of aromatic nitrogens is 3. The van der Waals surface area contributed by atoms with Gasteiger partial charge in [0.25, 0.3) is 0 Å². The Balaban J connectivity index is 0.000000470. The zero-order valence-electron chi connectivity index (χ0n) is 22.5. The molecule has 5 heterocycles. The van der Waals surface area contributed by atoms with E-state index in [0.29, 0.717) is 35.8 Å². The normalized spacial score (nSPS) is 17.6. The number of anilines is 3. The lowest BCUT2D eigenvalue weighted by Gasteiger charge is -2.43. The highest BCUT2D eigenvalue weighted by molar-refractivity contribution is 6.03. The molecule has 5 rings (SSSR count). The summed E-state index contributed by atoms with van der Waals surface area (Å²) < 4.78 is 47.8. The van der Waals surface area contributed by atoms with Gasteiger partial charge in [-0.3, -0.25) is 9.80 Å². The number of urea groups is 1. The van der Waals surface area contributed by atoms with Gasteiger partial charge in [0.1, 0.15) is 5.82 Å². The number of nitrogens with zero attached hydrogens (tertiary/aromatic N) is 6. The third kappa shape index (κ3) is 6.11. The van der Waals surface area contributed by atoms with Crippen molar-refractivity contribution in [2.75, 3.05) is 41.3 Å². The number of imidazole rings is 1. The number of halogens is 4. The van der Waals surface area contributed by atoms with Gasteiger partial charge < -0.3 is 19.7 Å². The summed E-state index contributed by atoms with van der Waals surface area (Å²) in [4.78, 5) is 37.3. The van der Waals surface area contributed by atoms with Crippen molar-refractivity contribution >= 4 is 34.8 Å². The lowest BCUT2D eigenvalue weighted by Crippen LogP contribution is -2.54. The number of alkyl halides is 3. The minimum absolute atomic E-state index is 0.245. The molecule has 2 N–H and O–H groups in total. The van der Waals surface area contributed by atoms with Crippen LogP contribution in [0.4, 0.5) is 39.5 Å². The highest BCUT2D eigenvalue weighted by atomic mass is 19.4. The minimum atomic E-state index is -5.08. The van der Waals surface area contributed by atoms with Gasteiger partial charge in [0, 0.05) is 74.2 Å². The van der Waals surface area contributed by atoms with Crippen LogP contribution < -0.4 is 15.1 Å². The molecule has 1 fully saturated rings. The SMILES string of the molecule is Cc1cn2cc(NC(=O)N3CCc4c(N5CCN(C(C)C)[C@@H](C)C5)ccnc43)cc(F)c2n1.O=C(O)C(F)(F)F. The number of rotatable bonds is 3. The zero-order valence-corrected chi connectivity index (χ0v) is 22.5. The average Bonchev–Trinajstić information content (AvgIpc) is 3.47. The summed E-state index contributed by atoms with van der Waals surface area (Å²) in [6.07, 6.45) is 0.845. The van der Waals surface area contributed by atoms with E-state index in [-0.39, 0.29) is 11.7 Å². The maximum Gasteiger partial charge on any atom is 0.490 e. The van der Waals surface area contributed by atoms with E-state index in [4.69, 9.17) is 9.90 Å². The molecule has 2 aliphatic rings. The number of nitrogens with one attached hydrogen (secondary N) is 1. The molecular weight excluding hydrogens is 534 g/mol. The van der Waals surface area contributed by atoms with E-state index in [1.54, 1.807) is 34.8 Å². The number of fused-ring (bicyclic) bond motifs is 2. The van der Waals surface area contributed by atoms with Crippen LogP contribution in [0.2, 0.25) is 0 Å². The predicted molar refractivity (Wildman–Crippen MR) is 141 cm³/mol. The van der Waals surface area contributed by atoms with Crippen LogP contribution in [-0.4, -0.2) is 80.8 Å². The van der Waals surface area contributed by atoms with E-state index in [2.05, 4.69) is 51.9 Å². The van der Waals surface area contributed by atoms with E-state index >= 15 is 0 Å².